The van der Waals surface area contributed by atoms with E-state index in [0.29, 0.717) is 6.42 Å². The average Bonchev–Trinajstić information content (AvgIpc) is 2.25. The molecule has 0 aliphatic carbocycles. The average molecular weight is 231 g/mol. The summed E-state index contributed by atoms with van der Waals surface area (Å²) in [7, 11) is 0. The topological polar surface area (TPSA) is 58.4 Å². The Balaban J connectivity index is 2.07. The zero-order valence-corrected chi connectivity index (χ0v) is 10.2. The molecule has 15 heavy (non-hydrogen) atoms. The van der Waals surface area contributed by atoms with Crippen molar-refractivity contribution in [2.75, 3.05) is 37.7 Å². The Hall–Kier alpha value is -0.260. The molecule has 0 aromatic rings. The van der Waals surface area contributed by atoms with Gasteiger partial charge in [-0.25, -0.2) is 0 Å². The fourth-order valence-electron chi connectivity index (χ4n) is 1.50. The first kappa shape index (κ1) is 12.8. The van der Waals surface area contributed by atoms with Gasteiger partial charge in [-0.1, -0.05) is 0 Å². The van der Waals surface area contributed by atoms with E-state index in [4.69, 9.17) is 5.73 Å². The number of nitrogens with two attached hydrogens (primary N) is 1. The normalized spacial score (nSPS) is 18.9. The molecule has 1 amide bonds. The van der Waals surface area contributed by atoms with Crippen molar-refractivity contribution < 1.29 is 4.79 Å². The largest absolute Gasteiger partial charge is 0.340 e. The van der Waals surface area contributed by atoms with Crippen LogP contribution < -0.4 is 11.1 Å². The third kappa shape index (κ3) is 5.39. The Kier molecular flexibility index (Phi) is 6.05. The molecule has 1 aliphatic heterocycles. The SMILES string of the molecule is CC(N)CSCCC(=O)N1CCNCC1. The number of hydrogen-bond donors (Lipinski definition) is 2. The van der Waals surface area contributed by atoms with Crippen LogP contribution in [0, 0.1) is 0 Å². The molecule has 0 bridgehead atoms. The minimum absolute atomic E-state index is 0.226. The van der Waals surface area contributed by atoms with Crippen LogP contribution in [0.2, 0.25) is 0 Å². The van der Waals surface area contributed by atoms with Gasteiger partial charge in [-0.3, -0.25) is 4.79 Å². The molecule has 1 saturated heterocycles. The van der Waals surface area contributed by atoms with Crippen molar-refractivity contribution in [2.24, 2.45) is 5.73 Å². The number of piperazine rings is 1. The number of nitrogens with one attached hydrogen (secondary N) is 1. The Bertz CT molecular complexity index is 193. The lowest BCUT2D eigenvalue weighted by Crippen LogP contribution is -2.46. The number of carbonyl (C=O) groups excluding carboxylic acids is 1. The molecule has 0 saturated carbocycles. The van der Waals surface area contributed by atoms with Crippen molar-refractivity contribution in [3.05, 3.63) is 0 Å². The van der Waals surface area contributed by atoms with Crippen LogP contribution >= 0.6 is 11.8 Å². The molecule has 4 nitrogen and oxygen atoms in total. The molecule has 0 aromatic heterocycles. The molecule has 1 atom stereocenters. The molecular weight excluding hydrogens is 210 g/mol. The number of carbonyl (C=O) groups is 1. The number of hydrogen-bond acceptors (Lipinski definition) is 4. The van der Waals surface area contributed by atoms with E-state index in [0.717, 1.165) is 37.7 Å². The fraction of sp³-hybridized carbons (Fsp3) is 0.900. The molecule has 1 aliphatic rings. The van der Waals surface area contributed by atoms with E-state index in [1.54, 1.807) is 11.8 Å². The standard InChI is InChI=1S/C10H21N3OS/c1-9(11)8-15-7-2-10(14)13-5-3-12-4-6-13/h9,12H,2-8,11H2,1H3. The summed E-state index contributed by atoms with van der Waals surface area (Å²) in [6.45, 7) is 5.57. The van der Waals surface area contributed by atoms with Crippen molar-refractivity contribution in [1.82, 2.24) is 10.2 Å². The Labute approximate surface area is 96.0 Å². The smallest absolute Gasteiger partial charge is 0.223 e. The van der Waals surface area contributed by atoms with Gasteiger partial charge in [-0.05, 0) is 6.92 Å². The van der Waals surface area contributed by atoms with E-state index in [9.17, 15) is 4.79 Å². The number of amides is 1. The summed E-state index contributed by atoms with van der Waals surface area (Å²) in [5.74, 6) is 2.12. The van der Waals surface area contributed by atoms with Crippen LogP contribution in [0.3, 0.4) is 0 Å². The lowest BCUT2D eigenvalue weighted by atomic mass is 10.3. The zero-order chi connectivity index (χ0) is 11.1. The highest BCUT2D eigenvalue weighted by Crippen LogP contribution is 2.06. The maximum Gasteiger partial charge on any atom is 0.223 e. The Morgan fingerprint density at radius 2 is 2.20 bits per heavy atom. The van der Waals surface area contributed by atoms with Crippen LogP contribution in [0.4, 0.5) is 0 Å². The first-order chi connectivity index (χ1) is 7.20. The van der Waals surface area contributed by atoms with Crippen molar-refractivity contribution in [3.63, 3.8) is 0 Å². The van der Waals surface area contributed by atoms with E-state index >= 15 is 0 Å². The molecule has 3 N–H and O–H groups in total. The van der Waals surface area contributed by atoms with Crippen molar-refractivity contribution in [2.45, 2.75) is 19.4 Å². The monoisotopic (exact) mass is 231 g/mol. The van der Waals surface area contributed by atoms with Gasteiger partial charge in [0.25, 0.3) is 0 Å². The third-order valence-electron chi connectivity index (χ3n) is 2.31. The van der Waals surface area contributed by atoms with E-state index in [-0.39, 0.29) is 11.9 Å². The fourth-order valence-corrected chi connectivity index (χ4v) is 2.36. The molecule has 0 radical (unpaired) electrons. The second-order valence-corrected chi connectivity index (χ2v) is 5.08. The summed E-state index contributed by atoms with van der Waals surface area (Å²) in [5.41, 5.74) is 5.63. The predicted molar refractivity (Wildman–Crippen MR) is 65.0 cm³/mol. The molecule has 0 aromatic carbocycles. The van der Waals surface area contributed by atoms with Crippen LogP contribution in [0.25, 0.3) is 0 Å². The van der Waals surface area contributed by atoms with Gasteiger partial charge in [-0.2, -0.15) is 11.8 Å². The molecule has 1 rings (SSSR count). The van der Waals surface area contributed by atoms with Crippen LogP contribution in [0.15, 0.2) is 0 Å². The van der Waals surface area contributed by atoms with Gasteiger partial charge >= 0.3 is 0 Å². The summed E-state index contributed by atoms with van der Waals surface area (Å²) in [6, 6.07) is 0.226. The molecule has 1 unspecified atom stereocenters. The van der Waals surface area contributed by atoms with Gasteiger partial charge in [0.2, 0.25) is 5.91 Å². The first-order valence-electron chi connectivity index (χ1n) is 5.52. The van der Waals surface area contributed by atoms with Gasteiger partial charge in [0.05, 0.1) is 0 Å². The minimum Gasteiger partial charge on any atom is -0.340 e. The van der Waals surface area contributed by atoms with Crippen molar-refractivity contribution in [1.29, 1.82) is 0 Å². The predicted octanol–water partition coefficient (Wildman–Crippen LogP) is -0.111. The van der Waals surface area contributed by atoms with Crippen molar-refractivity contribution >= 4 is 17.7 Å². The van der Waals surface area contributed by atoms with Gasteiger partial charge < -0.3 is 16.0 Å². The molecular formula is C10H21N3OS. The van der Waals surface area contributed by atoms with E-state index < -0.39 is 0 Å². The van der Waals surface area contributed by atoms with Gasteiger partial charge in [0.15, 0.2) is 0 Å². The lowest BCUT2D eigenvalue weighted by Gasteiger charge is -2.27. The molecule has 88 valence electrons. The highest BCUT2D eigenvalue weighted by Gasteiger charge is 2.15. The third-order valence-corrected chi connectivity index (χ3v) is 3.56. The van der Waals surface area contributed by atoms with E-state index in [2.05, 4.69) is 5.32 Å². The van der Waals surface area contributed by atoms with Gasteiger partial charge in [0, 0.05) is 50.1 Å². The summed E-state index contributed by atoms with van der Waals surface area (Å²) in [5, 5.41) is 3.24. The highest BCUT2D eigenvalue weighted by atomic mass is 32.2. The van der Waals surface area contributed by atoms with E-state index in [1.807, 2.05) is 11.8 Å². The molecule has 0 spiro atoms. The van der Waals surface area contributed by atoms with Crippen LogP contribution in [0.5, 0.6) is 0 Å². The van der Waals surface area contributed by atoms with Gasteiger partial charge in [-0.15, -0.1) is 0 Å². The molecule has 1 fully saturated rings. The highest BCUT2D eigenvalue weighted by molar-refractivity contribution is 7.99. The molecule has 1 heterocycles. The maximum atomic E-state index is 11.7. The maximum absolute atomic E-state index is 11.7. The molecule has 5 heteroatoms. The summed E-state index contributed by atoms with van der Waals surface area (Å²) in [4.78, 5) is 13.6. The van der Waals surface area contributed by atoms with Crippen LogP contribution in [0.1, 0.15) is 13.3 Å². The summed E-state index contributed by atoms with van der Waals surface area (Å²) < 4.78 is 0. The van der Waals surface area contributed by atoms with Gasteiger partial charge in [0.1, 0.15) is 0 Å². The summed E-state index contributed by atoms with van der Waals surface area (Å²) in [6.07, 6.45) is 0.650. The lowest BCUT2D eigenvalue weighted by molar-refractivity contribution is -0.131. The van der Waals surface area contributed by atoms with Crippen LogP contribution in [-0.4, -0.2) is 54.5 Å². The quantitative estimate of drug-likeness (QED) is 0.648. The number of rotatable bonds is 5. The summed E-state index contributed by atoms with van der Waals surface area (Å²) >= 11 is 1.77. The Morgan fingerprint density at radius 3 is 2.80 bits per heavy atom. The Morgan fingerprint density at radius 1 is 1.53 bits per heavy atom. The number of nitrogens with zero attached hydrogens (tertiary/aromatic N) is 1. The second kappa shape index (κ2) is 7.09. The van der Waals surface area contributed by atoms with Crippen molar-refractivity contribution in [3.8, 4) is 0 Å². The minimum atomic E-state index is 0.226. The zero-order valence-electron chi connectivity index (χ0n) is 9.37. The van der Waals surface area contributed by atoms with E-state index in [1.165, 1.54) is 0 Å². The second-order valence-electron chi connectivity index (χ2n) is 3.93. The number of thioether (sulfide) groups is 1. The first-order valence-corrected chi connectivity index (χ1v) is 6.67. The van der Waals surface area contributed by atoms with Crippen LogP contribution in [-0.2, 0) is 4.79 Å².